The van der Waals surface area contributed by atoms with E-state index in [2.05, 4.69) is 4.98 Å². The Morgan fingerprint density at radius 3 is 3.29 bits per heavy atom. The summed E-state index contributed by atoms with van der Waals surface area (Å²) in [7, 11) is 0. The van der Waals surface area contributed by atoms with Crippen LogP contribution in [0.15, 0.2) is 24.3 Å². The molecule has 0 unspecified atom stereocenters. The molecule has 1 nitrogen and oxygen atoms in total. The maximum Gasteiger partial charge on any atom is 0.129 e. The molecule has 0 N–H and O–H groups in total. The van der Waals surface area contributed by atoms with E-state index in [4.69, 9.17) is 14.3 Å². The summed E-state index contributed by atoms with van der Waals surface area (Å²) in [6.45, 7) is 0. The van der Waals surface area contributed by atoms with Crippen LogP contribution in [0.25, 0.3) is 0 Å². The molecule has 1 rings (SSSR count). The molecule has 0 saturated heterocycles. The van der Waals surface area contributed by atoms with Gasteiger partial charge in [0.25, 0.3) is 0 Å². The summed E-state index contributed by atoms with van der Waals surface area (Å²) in [5.74, 6) is 0. The molecule has 2 heteroatoms. The van der Waals surface area contributed by atoms with E-state index in [0.717, 1.165) is 0 Å². The molecule has 0 atom stereocenters. The second kappa shape index (κ2) is 1.94. The van der Waals surface area contributed by atoms with Crippen LogP contribution in [0.4, 0.5) is 0 Å². The average Bonchev–Trinajstić information content (AvgIpc) is 1.80. The third-order valence-electron chi connectivity index (χ3n) is 0.531. The summed E-state index contributed by atoms with van der Waals surface area (Å²) in [6, 6.07) is 3.03. The third kappa shape index (κ3) is 1.16. The summed E-state index contributed by atoms with van der Waals surface area (Å²) in [6.07, 6.45) is -0.0810. The van der Waals surface area contributed by atoms with E-state index in [1.165, 1.54) is 12.1 Å². The van der Waals surface area contributed by atoms with Crippen molar-refractivity contribution in [2.45, 2.75) is 0 Å². The van der Waals surface area contributed by atoms with Crippen LogP contribution in [0.5, 0.6) is 0 Å². The zero-order valence-electron chi connectivity index (χ0n) is 5.48. The van der Waals surface area contributed by atoms with Crippen LogP contribution in [-0.2, 0) is 0 Å². The minimum atomic E-state index is -0.0810. The normalized spacial score (nSPS) is 12.7. The molecule has 0 fully saturated rings. The fourth-order valence-corrected chi connectivity index (χ4v) is 0.376. The Morgan fingerprint density at radius 2 is 2.71 bits per heavy atom. The summed E-state index contributed by atoms with van der Waals surface area (Å²) in [5, 5.41) is 0.260. The van der Waals surface area contributed by atoms with Crippen molar-refractivity contribution in [1.29, 1.82) is 0 Å². The maximum atomic E-state index is 7.01. The van der Waals surface area contributed by atoms with Crippen molar-refractivity contribution in [3.05, 3.63) is 29.5 Å². The molecular formula is C5H4ClN. The molecule has 1 aromatic rings. The quantitative estimate of drug-likeness (QED) is 0.470. The van der Waals surface area contributed by atoms with Crippen LogP contribution < -0.4 is 0 Å². The minimum Gasteiger partial charge on any atom is -0.245 e. The van der Waals surface area contributed by atoms with Crippen molar-refractivity contribution < 1.29 is 2.74 Å². The van der Waals surface area contributed by atoms with Gasteiger partial charge in [-0.15, -0.1) is 0 Å². The lowest BCUT2D eigenvalue weighted by Gasteiger charge is -1.79. The lowest BCUT2D eigenvalue weighted by Crippen LogP contribution is -1.65. The molecule has 7 heavy (non-hydrogen) atoms. The van der Waals surface area contributed by atoms with Crippen molar-refractivity contribution >= 4 is 11.6 Å². The Hall–Kier alpha value is -0.560. The SMILES string of the molecule is [2H]c1ccc(Cl)nc1[2H]. The van der Waals surface area contributed by atoms with E-state index in [-0.39, 0.29) is 17.4 Å². The van der Waals surface area contributed by atoms with E-state index >= 15 is 0 Å². The molecule has 0 aliphatic carbocycles. The Kier molecular flexibility index (Phi) is 0.740. The van der Waals surface area contributed by atoms with E-state index in [0.29, 0.717) is 0 Å². The van der Waals surface area contributed by atoms with Crippen LogP contribution >= 0.6 is 11.6 Å². The Morgan fingerprint density at radius 1 is 1.86 bits per heavy atom. The molecule has 0 spiro atoms. The smallest absolute Gasteiger partial charge is 0.129 e. The molecule has 36 valence electrons. The minimum absolute atomic E-state index is 0.0810. The van der Waals surface area contributed by atoms with Crippen molar-refractivity contribution in [2.24, 2.45) is 0 Å². The fraction of sp³-hybridized carbons (Fsp3) is 0. The molecule has 0 aromatic carbocycles. The van der Waals surface area contributed by atoms with Gasteiger partial charge in [-0.25, -0.2) is 4.98 Å². The zero-order valence-corrected chi connectivity index (χ0v) is 4.24. The summed E-state index contributed by atoms with van der Waals surface area (Å²) in [4.78, 5) is 3.52. The molecule has 0 saturated carbocycles. The second-order valence-electron chi connectivity index (χ2n) is 1.02. The number of halogens is 1. The summed E-state index contributed by atoms with van der Waals surface area (Å²) < 4.78 is 14.0. The van der Waals surface area contributed by atoms with Gasteiger partial charge < -0.3 is 0 Å². The Bertz CT molecular complexity index is 226. The number of rotatable bonds is 0. The first-order valence-electron chi connectivity index (χ1n) is 2.80. The largest absolute Gasteiger partial charge is 0.245 e. The maximum absolute atomic E-state index is 7.01. The van der Waals surface area contributed by atoms with E-state index < -0.39 is 0 Å². The van der Waals surface area contributed by atoms with Crippen molar-refractivity contribution in [3.63, 3.8) is 0 Å². The summed E-state index contributed by atoms with van der Waals surface area (Å²) in [5.41, 5.74) is 0. The van der Waals surface area contributed by atoms with Gasteiger partial charge in [0, 0.05) is 6.17 Å². The van der Waals surface area contributed by atoms with Crippen LogP contribution in [0.1, 0.15) is 2.74 Å². The van der Waals surface area contributed by atoms with Gasteiger partial charge in [0.1, 0.15) is 5.15 Å². The summed E-state index contributed by atoms with van der Waals surface area (Å²) >= 11 is 5.40. The molecule has 0 radical (unpaired) electrons. The zero-order chi connectivity index (χ0) is 6.85. The van der Waals surface area contributed by atoms with Gasteiger partial charge in [-0.1, -0.05) is 17.7 Å². The highest BCUT2D eigenvalue weighted by Crippen LogP contribution is 1.98. The first-order valence-corrected chi connectivity index (χ1v) is 2.17. The van der Waals surface area contributed by atoms with E-state index in [1.807, 2.05) is 0 Å². The van der Waals surface area contributed by atoms with Crippen molar-refractivity contribution in [3.8, 4) is 0 Å². The Labute approximate surface area is 49.8 Å². The van der Waals surface area contributed by atoms with Gasteiger partial charge in [0.05, 0.1) is 2.74 Å². The number of pyridine rings is 1. The first kappa shape index (κ1) is 2.68. The number of hydrogen-bond donors (Lipinski definition) is 0. The standard InChI is InChI=1S/C5H4ClN/c6-5-3-1-2-4-7-5/h1-4H/i2D,4D. The average molecular weight is 116 g/mol. The van der Waals surface area contributed by atoms with Crippen molar-refractivity contribution in [1.82, 2.24) is 4.98 Å². The van der Waals surface area contributed by atoms with Gasteiger partial charge in [0.2, 0.25) is 0 Å². The van der Waals surface area contributed by atoms with Crippen LogP contribution in [0, 0.1) is 0 Å². The molecule has 1 heterocycles. The van der Waals surface area contributed by atoms with E-state index in [9.17, 15) is 0 Å². The molecule has 0 aliphatic rings. The molecule has 0 amide bonds. The van der Waals surface area contributed by atoms with Gasteiger partial charge in [-0.3, -0.25) is 0 Å². The topological polar surface area (TPSA) is 12.9 Å². The van der Waals surface area contributed by atoms with Gasteiger partial charge >= 0.3 is 0 Å². The number of aromatic nitrogens is 1. The predicted octanol–water partition coefficient (Wildman–Crippen LogP) is 1.73. The van der Waals surface area contributed by atoms with Crippen molar-refractivity contribution in [2.75, 3.05) is 0 Å². The fourth-order valence-electron chi connectivity index (χ4n) is 0.271. The molecular weight excluding hydrogens is 110 g/mol. The number of hydrogen-bond acceptors (Lipinski definition) is 1. The second-order valence-corrected chi connectivity index (χ2v) is 1.41. The lowest BCUT2D eigenvalue weighted by molar-refractivity contribution is 1.33. The highest BCUT2D eigenvalue weighted by atomic mass is 35.5. The van der Waals surface area contributed by atoms with Gasteiger partial charge in [0.15, 0.2) is 0 Å². The van der Waals surface area contributed by atoms with Crippen LogP contribution in [0.2, 0.25) is 5.15 Å². The predicted molar refractivity (Wildman–Crippen MR) is 29.2 cm³/mol. The first-order chi connectivity index (χ1) is 4.20. The highest BCUT2D eigenvalue weighted by Gasteiger charge is 1.76. The highest BCUT2D eigenvalue weighted by molar-refractivity contribution is 6.29. The lowest BCUT2D eigenvalue weighted by atomic mass is 10.5. The van der Waals surface area contributed by atoms with Gasteiger partial charge in [-0.2, -0.15) is 0 Å². The molecule has 0 bridgehead atoms. The van der Waals surface area contributed by atoms with Gasteiger partial charge in [-0.05, 0) is 12.1 Å². The third-order valence-corrected chi connectivity index (χ3v) is 0.742. The Balaban J connectivity index is 3.17. The van der Waals surface area contributed by atoms with E-state index in [1.54, 1.807) is 0 Å². The van der Waals surface area contributed by atoms with Crippen LogP contribution in [-0.4, -0.2) is 4.98 Å². The van der Waals surface area contributed by atoms with Crippen LogP contribution in [0.3, 0.4) is 0 Å². The monoisotopic (exact) mass is 115 g/mol. The molecule has 0 aliphatic heterocycles. The number of nitrogens with zero attached hydrogens (tertiary/aromatic N) is 1. The molecule has 1 aromatic heterocycles.